The first-order valence-corrected chi connectivity index (χ1v) is 6.53. The molecule has 108 valence electrons. The lowest BCUT2D eigenvalue weighted by atomic mass is 10.2. The van der Waals surface area contributed by atoms with Gasteiger partial charge in [0.05, 0.1) is 5.56 Å². The van der Waals surface area contributed by atoms with Crippen LogP contribution in [0.2, 0.25) is 0 Å². The third kappa shape index (κ3) is 3.13. The smallest absolute Gasteiger partial charge is 0.338 e. The van der Waals surface area contributed by atoms with Crippen molar-refractivity contribution in [1.29, 1.82) is 0 Å². The highest BCUT2D eigenvalue weighted by molar-refractivity contribution is 5.90. The zero-order valence-corrected chi connectivity index (χ0v) is 11.2. The Morgan fingerprint density at radius 2 is 1.90 bits per heavy atom. The molecular weight excluding hydrogens is 275 g/mol. The Labute approximate surface area is 121 Å². The molecule has 0 aromatic heterocycles. The van der Waals surface area contributed by atoms with Gasteiger partial charge >= 0.3 is 5.97 Å². The van der Waals surface area contributed by atoms with E-state index in [4.69, 9.17) is 14.2 Å². The van der Waals surface area contributed by atoms with Gasteiger partial charge in [0.15, 0.2) is 11.5 Å². The summed E-state index contributed by atoms with van der Waals surface area (Å²) >= 11 is 0. The van der Waals surface area contributed by atoms with E-state index in [0.29, 0.717) is 35.8 Å². The molecule has 0 unspecified atom stereocenters. The van der Waals surface area contributed by atoms with Gasteiger partial charge in [0.1, 0.15) is 25.6 Å². The predicted molar refractivity (Wildman–Crippen MR) is 73.0 cm³/mol. The van der Waals surface area contributed by atoms with Crippen molar-refractivity contribution in [3.8, 4) is 11.5 Å². The van der Waals surface area contributed by atoms with E-state index in [9.17, 15) is 9.18 Å². The van der Waals surface area contributed by atoms with Crippen LogP contribution < -0.4 is 9.47 Å². The van der Waals surface area contributed by atoms with Crippen LogP contribution in [-0.2, 0) is 11.3 Å². The van der Waals surface area contributed by atoms with E-state index >= 15 is 0 Å². The van der Waals surface area contributed by atoms with E-state index in [2.05, 4.69) is 0 Å². The first-order chi connectivity index (χ1) is 10.2. The second-order valence-corrected chi connectivity index (χ2v) is 4.56. The molecule has 4 nitrogen and oxygen atoms in total. The second kappa shape index (κ2) is 5.83. The summed E-state index contributed by atoms with van der Waals surface area (Å²) in [7, 11) is 0. The van der Waals surface area contributed by atoms with Gasteiger partial charge < -0.3 is 14.2 Å². The number of carbonyl (C=O) groups is 1. The van der Waals surface area contributed by atoms with Gasteiger partial charge in [-0.15, -0.1) is 0 Å². The Morgan fingerprint density at radius 3 is 2.71 bits per heavy atom. The van der Waals surface area contributed by atoms with Gasteiger partial charge in [-0.2, -0.15) is 0 Å². The molecule has 0 aliphatic carbocycles. The molecule has 3 rings (SSSR count). The monoisotopic (exact) mass is 288 g/mol. The first kappa shape index (κ1) is 13.4. The fourth-order valence-corrected chi connectivity index (χ4v) is 2.03. The maximum atomic E-state index is 13.0. The molecule has 1 heterocycles. The van der Waals surface area contributed by atoms with Crippen LogP contribution in [0.1, 0.15) is 15.9 Å². The van der Waals surface area contributed by atoms with E-state index in [1.54, 1.807) is 30.3 Å². The number of rotatable bonds is 3. The standard InChI is InChI=1S/C16H13FO4/c17-13-3-1-2-11(8-13)10-21-16(18)12-4-5-14-15(9-12)20-7-6-19-14/h1-5,8-9H,6-7,10H2. The summed E-state index contributed by atoms with van der Waals surface area (Å²) in [6.45, 7) is 0.968. The largest absolute Gasteiger partial charge is 0.486 e. The van der Waals surface area contributed by atoms with Gasteiger partial charge in [-0.3, -0.25) is 0 Å². The minimum absolute atomic E-state index is 0.0189. The average molecular weight is 288 g/mol. The number of esters is 1. The molecule has 2 aromatic carbocycles. The highest BCUT2D eigenvalue weighted by Crippen LogP contribution is 2.30. The summed E-state index contributed by atoms with van der Waals surface area (Å²) in [5.41, 5.74) is 0.969. The Balaban J connectivity index is 1.68. The van der Waals surface area contributed by atoms with Crippen molar-refractivity contribution in [3.05, 3.63) is 59.4 Å². The van der Waals surface area contributed by atoms with Gasteiger partial charge in [0.2, 0.25) is 0 Å². The minimum atomic E-state index is -0.490. The van der Waals surface area contributed by atoms with Crippen LogP contribution in [0.5, 0.6) is 11.5 Å². The van der Waals surface area contributed by atoms with E-state index in [-0.39, 0.29) is 12.4 Å². The Bertz CT molecular complexity index is 669. The maximum absolute atomic E-state index is 13.0. The van der Waals surface area contributed by atoms with Gasteiger partial charge in [-0.05, 0) is 35.9 Å². The number of carbonyl (C=O) groups excluding carboxylic acids is 1. The van der Waals surface area contributed by atoms with E-state index in [0.717, 1.165) is 0 Å². The zero-order chi connectivity index (χ0) is 14.7. The Morgan fingerprint density at radius 1 is 1.10 bits per heavy atom. The van der Waals surface area contributed by atoms with Gasteiger partial charge in [-0.1, -0.05) is 12.1 Å². The quantitative estimate of drug-likeness (QED) is 0.815. The lowest BCUT2D eigenvalue weighted by molar-refractivity contribution is 0.0471. The summed E-state index contributed by atoms with van der Waals surface area (Å²) in [5, 5.41) is 0. The molecule has 1 aliphatic heterocycles. The molecule has 0 N–H and O–H groups in total. The molecule has 5 heteroatoms. The van der Waals surface area contributed by atoms with Gasteiger partial charge in [-0.25, -0.2) is 9.18 Å². The van der Waals surface area contributed by atoms with Gasteiger partial charge in [0.25, 0.3) is 0 Å². The molecule has 0 atom stereocenters. The average Bonchev–Trinajstić information content (AvgIpc) is 2.52. The zero-order valence-electron chi connectivity index (χ0n) is 11.2. The number of ether oxygens (including phenoxy) is 3. The molecule has 0 saturated heterocycles. The van der Waals surface area contributed by atoms with Crippen LogP contribution in [0.25, 0.3) is 0 Å². The summed E-state index contributed by atoms with van der Waals surface area (Å²) in [6, 6.07) is 10.8. The molecular formula is C16H13FO4. The Kier molecular flexibility index (Phi) is 3.73. The third-order valence-corrected chi connectivity index (χ3v) is 3.04. The van der Waals surface area contributed by atoms with Crippen molar-refractivity contribution < 1.29 is 23.4 Å². The van der Waals surface area contributed by atoms with Crippen LogP contribution in [0, 0.1) is 5.82 Å². The van der Waals surface area contributed by atoms with E-state index < -0.39 is 5.97 Å². The first-order valence-electron chi connectivity index (χ1n) is 6.53. The van der Waals surface area contributed by atoms with Gasteiger partial charge in [0, 0.05) is 0 Å². The van der Waals surface area contributed by atoms with Crippen LogP contribution in [0.4, 0.5) is 4.39 Å². The van der Waals surface area contributed by atoms with Crippen molar-refractivity contribution in [2.75, 3.05) is 13.2 Å². The number of hydrogen-bond acceptors (Lipinski definition) is 4. The van der Waals surface area contributed by atoms with Crippen LogP contribution in [0.15, 0.2) is 42.5 Å². The highest BCUT2D eigenvalue weighted by Gasteiger charge is 2.15. The number of halogens is 1. The molecule has 0 saturated carbocycles. The van der Waals surface area contributed by atoms with Crippen molar-refractivity contribution in [2.45, 2.75) is 6.61 Å². The summed E-state index contributed by atoms with van der Waals surface area (Å²) in [4.78, 5) is 12.0. The SMILES string of the molecule is O=C(OCc1cccc(F)c1)c1ccc2c(c1)OCCO2. The second-order valence-electron chi connectivity index (χ2n) is 4.56. The van der Waals surface area contributed by atoms with E-state index in [1.165, 1.54) is 12.1 Å². The fraction of sp³-hybridized carbons (Fsp3) is 0.188. The molecule has 0 bridgehead atoms. The van der Waals surface area contributed by atoms with Crippen LogP contribution in [0.3, 0.4) is 0 Å². The summed E-state index contributed by atoms with van der Waals surface area (Å²) < 4.78 is 29.0. The fourth-order valence-electron chi connectivity index (χ4n) is 2.03. The third-order valence-electron chi connectivity index (χ3n) is 3.04. The van der Waals surface area contributed by atoms with Crippen molar-refractivity contribution >= 4 is 5.97 Å². The topological polar surface area (TPSA) is 44.8 Å². The predicted octanol–water partition coefficient (Wildman–Crippen LogP) is 2.95. The highest BCUT2D eigenvalue weighted by atomic mass is 19.1. The Hall–Kier alpha value is -2.56. The van der Waals surface area contributed by atoms with E-state index in [1.807, 2.05) is 0 Å². The molecule has 21 heavy (non-hydrogen) atoms. The maximum Gasteiger partial charge on any atom is 0.338 e. The molecule has 0 radical (unpaired) electrons. The normalized spacial score (nSPS) is 12.8. The van der Waals surface area contributed by atoms with Crippen molar-refractivity contribution in [3.63, 3.8) is 0 Å². The van der Waals surface area contributed by atoms with Crippen molar-refractivity contribution in [1.82, 2.24) is 0 Å². The molecule has 2 aromatic rings. The summed E-state index contributed by atoms with van der Waals surface area (Å²) in [5.74, 6) is 0.295. The molecule has 0 fully saturated rings. The molecule has 1 aliphatic rings. The van der Waals surface area contributed by atoms with Crippen molar-refractivity contribution in [2.24, 2.45) is 0 Å². The lowest BCUT2D eigenvalue weighted by Gasteiger charge is -2.18. The minimum Gasteiger partial charge on any atom is -0.486 e. The number of fused-ring (bicyclic) bond motifs is 1. The molecule has 0 spiro atoms. The van der Waals surface area contributed by atoms with Crippen LogP contribution >= 0.6 is 0 Å². The summed E-state index contributed by atoms with van der Waals surface area (Å²) in [6.07, 6.45) is 0. The van der Waals surface area contributed by atoms with Crippen LogP contribution in [-0.4, -0.2) is 19.2 Å². The molecule has 0 amide bonds. The number of benzene rings is 2. The number of hydrogen-bond donors (Lipinski definition) is 0. The lowest BCUT2D eigenvalue weighted by Crippen LogP contribution is -2.16.